The van der Waals surface area contributed by atoms with Crippen LogP contribution in [0.1, 0.15) is 30.2 Å². The Labute approximate surface area is 149 Å². The number of carbonyl (C=O) groups excluding carboxylic acids is 1. The molecule has 4 nitrogen and oxygen atoms in total. The number of nitrogens with zero attached hydrogens (tertiary/aromatic N) is 1. The summed E-state index contributed by atoms with van der Waals surface area (Å²) >= 11 is 1.75. The van der Waals surface area contributed by atoms with Crippen LogP contribution in [0.2, 0.25) is 0 Å². The average Bonchev–Trinajstić information content (AvgIpc) is 2.93. The number of carbonyl (C=O) groups is 1. The van der Waals surface area contributed by atoms with Crippen LogP contribution in [0, 0.1) is 5.92 Å². The molecule has 1 aromatic rings. The highest BCUT2D eigenvalue weighted by Crippen LogP contribution is 2.22. The third-order valence-corrected chi connectivity index (χ3v) is 4.89. The number of rotatable bonds is 6. The van der Waals surface area contributed by atoms with Crippen molar-refractivity contribution in [3.63, 3.8) is 0 Å². The van der Waals surface area contributed by atoms with E-state index in [1.165, 1.54) is 4.88 Å². The van der Waals surface area contributed by atoms with E-state index in [-0.39, 0.29) is 36.8 Å². The third-order valence-electron chi connectivity index (χ3n) is 3.92. The van der Waals surface area contributed by atoms with Gasteiger partial charge < -0.3 is 15.5 Å². The maximum atomic E-state index is 12.1. The highest BCUT2D eigenvalue weighted by atomic mass is 35.5. The minimum absolute atomic E-state index is 0. The van der Waals surface area contributed by atoms with Crippen molar-refractivity contribution in [2.75, 3.05) is 33.7 Å². The van der Waals surface area contributed by atoms with Gasteiger partial charge in [0.1, 0.15) is 0 Å². The van der Waals surface area contributed by atoms with Crippen LogP contribution >= 0.6 is 36.2 Å². The van der Waals surface area contributed by atoms with E-state index in [9.17, 15) is 4.79 Å². The Hall–Kier alpha value is -0.330. The minimum Gasteiger partial charge on any atom is -0.354 e. The standard InChI is InChI=1S/C15H25N3OS.2ClH/c1-18(2)13(14-4-3-9-20-14)11-17-15(19)10-12-5-7-16-8-6-12;;/h3-4,9,12-13,16H,5-8,10-11H2,1-2H3,(H,17,19);2*1H. The fourth-order valence-electron chi connectivity index (χ4n) is 2.65. The molecule has 7 heteroatoms. The highest BCUT2D eigenvalue weighted by molar-refractivity contribution is 7.10. The number of nitrogens with one attached hydrogen (secondary N) is 2. The van der Waals surface area contributed by atoms with Gasteiger partial charge in [0.15, 0.2) is 0 Å². The van der Waals surface area contributed by atoms with Crippen molar-refractivity contribution in [1.29, 1.82) is 0 Å². The molecule has 1 aromatic heterocycles. The van der Waals surface area contributed by atoms with Crippen molar-refractivity contribution in [2.45, 2.75) is 25.3 Å². The maximum absolute atomic E-state index is 12.1. The molecular weight excluding hydrogens is 341 g/mol. The first kappa shape index (κ1) is 21.7. The van der Waals surface area contributed by atoms with Gasteiger partial charge in [-0.2, -0.15) is 0 Å². The molecule has 128 valence electrons. The van der Waals surface area contributed by atoms with Crippen molar-refractivity contribution in [1.82, 2.24) is 15.5 Å². The fourth-order valence-corrected chi connectivity index (χ4v) is 3.57. The summed E-state index contributed by atoms with van der Waals surface area (Å²) in [5.74, 6) is 0.746. The quantitative estimate of drug-likeness (QED) is 0.812. The SMILES string of the molecule is CN(C)C(CNC(=O)CC1CCNCC1)c1cccs1.Cl.Cl. The predicted octanol–water partition coefficient (Wildman–Crippen LogP) is 2.70. The monoisotopic (exact) mass is 367 g/mol. The van der Waals surface area contributed by atoms with Gasteiger partial charge in [-0.05, 0) is 57.4 Å². The summed E-state index contributed by atoms with van der Waals surface area (Å²) < 4.78 is 0. The van der Waals surface area contributed by atoms with Crippen molar-refractivity contribution in [2.24, 2.45) is 5.92 Å². The van der Waals surface area contributed by atoms with Crippen LogP contribution in [0.25, 0.3) is 0 Å². The first-order valence-corrected chi connectivity index (χ1v) is 8.22. The number of piperidine rings is 1. The van der Waals surface area contributed by atoms with E-state index >= 15 is 0 Å². The van der Waals surface area contributed by atoms with Gasteiger partial charge in [-0.1, -0.05) is 6.07 Å². The Bertz CT molecular complexity index is 409. The van der Waals surface area contributed by atoms with Crippen molar-refractivity contribution < 1.29 is 4.79 Å². The number of amides is 1. The lowest BCUT2D eigenvalue weighted by Crippen LogP contribution is -2.36. The molecule has 1 amide bonds. The topological polar surface area (TPSA) is 44.4 Å². The Kier molecular flexibility index (Phi) is 11.1. The molecule has 2 N–H and O–H groups in total. The van der Waals surface area contributed by atoms with Crippen molar-refractivity contribution in [3.8, 4) is 0 Å². The third kappa shape index (κ3) is 6.84. The molecule has 1 unspecified atom stereocenters. The average molecular weight is 368 g/mol. The molecule has 1 aliphatic rings. The zero-order chi connectivity index (χ0) is 14.4. The van der Waals surface area contributed by atoms with E-state index in [1.54, 1.807) is 11.3 Å². The first-order valence-electron chi connectivity index (χ1n) is 7.34. The van der Waals surface area contributed by atoms with E-state index < -0.39 is 0 Å². The lowest BCUT2D eigenvalue weighted by molar-refractivity contribution is -0.122. The van der Waals surface area contributed by atoms with Gasteiger partial charge in [0.25, 0.3) is 0 Å². The molecule has 2 rings (SSSR count). The summed E-state index contributed by atoms with van der Waals surface area (Å²) in [5, 5.41) is 8.53. The van der Waals surface area contributed by atoms with Gasteiger partial charge in [-0.3, -0.25) is 4.79 Å². The molecule has 1 aliphatic heterocycles. The normalized spacial score (nSPS) is 16.5. The number of likely N-dealkylation sites (N-methyl/N-ethyl adjacent to an activating group) is 1. The van der Waals surface area contributed by atoms with Crippen LogP contribution in [0.4, 0.5) is 0 Å². The lowest BCUT2D eigenvalue weighted by atomic mass is 9.94. The van der Waals surface area contributed by atoms with E-state index in [0.29, 0.717) is 18.9 Å². The molecule has 0 radical (unpaired) electrons. The predicted molar refractivity (Wildman–Crippen MR) is 98.5 cm³/mol. The zero-order valence-corrected chi connectivity index (χ0v) is 15.7. The number of hydrogen-bond acceptors (Lipinski definition) is 4. The lowest BCUT2D eigenvalue weighted by Gasteiger charge is -2.25. The van der Waals surface area contributed by atoms with Gasteiger partial charge in [0.2, 0.25) is 5.91 Å². The largest absolute Gasteiger partial charge is 0.354 e. The summed E-state index contributed by atoms with van der Waals surface area (Å²) in [6.45, 7) is 2.79. The minimum atomic E-state index is 0. The number of thiophene rings is 1. The Balaban J connectivity index is 0.00000220. The summed E-state index contributed by atoms with van der Waals surface area (Å²) in [4.78, 5) is 15.5. The second kappa shape index (κ2) is 11.2. The Morgan fingerprint density at radius 3 is 2.64 bits per heavy atom. The van der Waals surface area contributed by atoms with Crippen LogP contribution in [0.3, 0.4) is 0 Å². The van der Waals surface area contributed by atoms with Gasteiger partial charge in [0.05, 0.1) is 6.04 Å². The molecule has 1 fully saturated rings. The Morgan fingerprint density at radius 1 is 1.41 bits per heavy atom. The summed E-state index contributed by atoms with van der Waals surface area (Å²) in [5.41, 5.74) is 0. The molecule has 22 heavy (non-hydrogen) atoms. The highest BCUT2D eigenvalue weighted by Gasteiger charge is 2.19. The molecule has 1 atom stereocenters. The van der Waals surface area contributed by atoms with Crippen molar-refractivity contribution in [3.05, 3.63) is 22.4 Å². The van der Waals surface area contributed by atoms with E-state index in [0.717, 1.165) is 25.9 Å². The van der Waals surface area contributed by atoms with E-state index in [2.05, 4.69) is 47.1 Å². The molecule has 0 spiro atoms. The molecular formula is C15H27Cl2N3OS. The first-order chi connectivity index (χ1) is 9.66. The second-order valence-corrected chi connectivity index (χ2v) is 6.68. The zero-order valence-electron chi connectivity index (χ0n) is 13.2. The second-order valence-electron chi connectivity index (χ2n) is 5.70. The fraction of sp³-hybridized carbons (Fsp3) is 0.667. The summed E-state index contributed by atoms with van der Waals surface area (Å²) in [7, 11) is 4.12. The van der Waals surface area contributed by atoms with E-state index in [1.807, 2.05) is 0 Å². The van der Waals surface area contributed by atoms with Gasteiger partial charge in [-0.25, -0.2) is 0 Å². The van der Waals surface area contributed by atoms with Gasteiger partial charge in [-0.15, -0.1) is 36.2 Å². The molecule has 0 saturated carbocycles. The number of hydrogen-bond donors (Lipinski definition) is 2. The summed E-state index contributed by atoms with van der Waals surface area (Å²) in [6.07, 6.45) is 2.91. The van der Waals surface area contributed by atoms with Crippen LogP contribution in [0.5, 0.6) is 0 Å². The molecule has 0 aliphatic carbocycles. The van der Waals surface area contributed by atoms with E-state index in [4.69, 9.17) is 0 Å². The Morgan fingerprint density at radius 2 is 2.09 bits per heavy atom. The van der Waals surface area contributed by atoms with Crippen LogP contribution in [0.15, 0.2) is 17.5 Å². The summed E-state index contributed by atoms with van der Waals surface area (Å²) in [6, 6.07) is 4.47. The molecule has 0 bridgehead atoms. The van der Waals surface area contributed by atoms with Gasteiger partial charge in [0, 0.05) is 17.8 Å². The number of halogens is 2. The van der Waals surface area contributed by atoms with Crippen LogP contribution in [-0.4, -0.2) is 44.5 Å². The van der Waals surface area contributed by atoms with Crippen LogP contribution < -0.4 is 10.6 Å². The maximum Gasteiger partial charge on any atom is 0.220 e. The van der Waals surface area contributed by atoms with Crippen molar-refractivity contribution >= 4 is 42.1 Å². The molecule has 0 aromatic carbocycles. The molecule has 2 heterocycles. The van der Waals surface area contributed by atoms with Gasteiger partial charge >= 0.3 is 0 Å². The van der Waals surface area contributed by atoms with Crippen LogP contribution in [-0.2, 0) is 4.79 Å². The smallest absolute Gasteiger partial charge is 0.220 e. The molecule has 1 saturated heterocycles.